The first kappa shape index (κ1) is 17.7. The number of rotatable bonds is 4. The summed E-state index contributed by atoms with van der Waals surface area (Å²) in [5.41, 5.74) is 1.19. The second-order valence-corrected chi connectivity index (χ2v) is 7.85. The first-order valence-corrected chi connectivity index (χ1v) is 10.2. The highest BCUT2D eigenvalue weighted by Gasteiger charge is 2.28. The van der Waals surface area contributed by atoms with E-state index >= 15 is 0 Å². The van der Waals surface area contributed by atoms with E-state index in [2.05, 4.69) is 20.4 Å². The van der Waals surface area contributed by atoms with Crippen LogP contribution < -0.4 is 0 Å². The van der Waals surface area contributed by atoms with Crippen molar-refractivity contribution in [1.29, 1.82) is 0 Å². The van der Waals surface area contributed by atoms with E-state index < -0.39 is 0 Å². The zero-order chi connectivity index (χ0) is 19.6. The summed E-state index contributed by atoms with van der Waals surface area (Å²) < 4.78 is 5.39. The third kappa shape index (κ3) is 3.56. The minimum Gasteiger partial charge on any atom is -0.462 e. The lowest BCUT2D eigenvalue weighted by atomic mass is 9.97. The van der Waals surface area contributed by atoms with Crippen molar-refractivity contribution in [2.24, 2.45) is 0 Å². The SMILES string of the molecule is O=C(c1cnn(-c2ccccc2)n1)N1CCC(c2nnc(-c3ccco3)s2)CC1. The van der Waals surface area contributed by atoms with Gasteiger partial charge in [0.2, 0.25) is 0 Å². The molecule has 0 atom stereocenters. The molecule has 1 fully saturated rings. The van der Waals surface area contributed by atoms with Crippen LogP contribution in [0.4, 0.5) is 0 Å². The Balaban J connectivity index is 1.23. The summed E-state index contributed by atoms with van der Waals surface area (Å²) in [4.78, 5) is 16.1. The van der Waals surface area contributed by atoms with Crippen molar-refractivity contribution in [2.45, 2.75) is 18.8 Å². The number of hydrogen-bond acceptors (Lipinski definition) is 7. The molecule has 4 aromatic rings. The lowest BCUT2D eigenvalue weighted by Crippen LogP contribution is -2.38. The molecule has 3 aromatic heterocycles. The lowest BCUT2D eigenvalue weighted by molar-refractivity contribution is 0.0706. The molecule has 146 valence electrons. The molecule has 5 rings (SSSR count). The predicted molar refractivity (Wildman–Crippen MR) is 107 cm³/mol. The van der Waals surface area contributed by atoms with Crippen LogP contribution in [0, 0.1) is 0 Å². The van der Waals surface area contributed by atoms with Crippen LogP contribution in [-0.4, -0.2) is 49.1 Å². The van der Waals surface area contributed by atoms with Crippen LogP contribution in [0.5, 0.6) is 0 Å². The highest BCUT2D eigenvalue weighted by Crippen LogP contribution is 2.33. The maximum Gasteiger partial charge on any atom is 0.276 e. The first-order chi connectivity index (χ1) is 14.3. The van der Waals surface area contributed by atoms with Gasteiger partial charge < -0.3 is 9.32 Å². The zero-order valence-corrected chi connectivity index (χ0v) is 16.3. The molecule has 0 saturated carbocycles. The Hall–Kier alpha value is -3.33. The highest BCUT2D eigenvalue weighted by atomic mass is 32.1. The van der Waals surface area contributed by atoms with Gasteiger partial charge in [-0.25, -0.2) is 0 Å². The maximum atomic E-state index is 12.8. The van der Waals surface area contributed by atoms with Gasteiger partial charge in [0, 0.05) is 19.0 Å². The van der Waals surface area contributed by atoms with Crippen molar-refractivity contribution < 1.29 is 9.21 Å². The van der Waals surface area contributed by atoms with E-state index in [1.165, 1.54) is 11.0 Å². The topological polar surface area (TPSA) is 89.9 Å². The van der Waals surface area contributed by atoms with Crippen LogP contribution in [0.15, 0.2) is 59.3 Å². The van der Waals surface area contributed by atoms with Crippen molar-refractivity contribution in [1.82, 2.24) is 30.1 Å². The Bertz CT molecular complexity index is 1100. The summed E-state index contributed by atoms with van der Waals surface area (Å²) in [6.07, 6.45) is 4.87. The molecule has 1 saturated heterocycles. The molecule has 0 unspecified atom stereocenters. The molecular formula is C20H18N6O2S. The molecule has 4 heterocycles. The van der Waals surface area contributed by atoms with E-state index in [1.807, 2.05) is 47.4 Å². The van der Waals surface area contributed by atoms with E-state index in [0.717, 1.165) is 34.3 Å². The van der Waals surface area contributed by atoms with Gasteiger partial charge in [-0.05, 0) is 37.1 Å². The second-order valence-electron chi connectivity index (χ2n) is 6.84. The minimum absolute atomic E-state index is 0.0841. The van der Waals surface area contributed by atoms with Crippen LogP contribution in [0.2, 0.25) is 0 Å². The summed E-state index contributed by atoms with van der Waals surface area (Å²) in [6, 6.07) is 13.3. The average molecular weight is 406 g/mol. The largest absolute Gasteiger partial charge is 0.462 e. The minimum atomic E-state index is -0.0841. The van der Waals surface area contributed by atoms with E-state index in [9.17, 15) is 4.79 Å². The molecule has 9 heteroatoms. The van der Waals surface area contributed by atoms with E-state index in [0.29, 0.717) is 24.7 Å². The molecule has 8 nitrogen and oxygen atoms in total. The average Bonchev–Trinajstić information content (AvgIpc) is 3.55. The first-order valence-electron chi connectivity index (χ1n) is 9.42. The fourth-order valence-electron chi connectivity index (χ4n) is 3.44. The van der Waals surface area contributed by atoms with Gasteiger partial charge in [0.25, 0.3) is 5.91 Å². The van der Waals surface area contributed by atoms with Gasteiger partial charge in [-0.1, -0.05) is 29.5 Å². The maximum absolute atomic E-state index is 12.8. The van der Waals surface area contributed by atoms with Gasteiger partial charge in [-0.3, -0.25) is 4.79 Å². The fourth-order valence-corrected chi connectivity index (χ4v) is 4.42. The zero-order valence-electron chi connectivity index (χ0n) is 15.5. The molecule has 29 heavy (non-hydrogen) atoms. The Morgan fingerprint density at radius 3 is 2.66 bits per heavy atom. The number of carbonyl (C=O) groups excluding carboxylic acids is 1. The van der Waals surface area contributed by atoms with Crippen molar-refractivity contribution >= 4 is 17.2 Å². The third-order valence-corrected chi connectivity index (χ3v) is 6.10. The van der Waals surface area contributed by atoms with Gasteiger partial charge in [-0.2, -0.15) is 9.90 Å². The van der Waals surface area contributed by atoms with Crippen LogP contribution in [-0.2, 0) is 0 Å². The second kappa shape index (κ2) is 7.59. The Morgan fingerprint density at radius 1 is 1.07 bits per heavy atom. The van der Waals surface area contributed by atoms with E-state index in [4.69, 9.17) is 4.42 Å². The number of carbonyl (C=O) groups is 1. The number of nitrogens with zero attached hydrogens (tertiary/aromatic N) is 6. The smallest absolute Gasteiger partial charge is 0.276 e. The van der Waals surface area contributed by atoms with Gasteiger partial charge in [-0.15, -0.1) is 15.3 Å². The van der Waals surface area contributed by atoms with Gasteiger partial charge in [0.15, 0.2) is 16.5 Å². The Kier molecular flexibility index (Phi) is 4.65. The molecule has 0 spiro atoms. The number of likely N-dealkylation sites (tertiary alicyclic amines) is 1. The van der Waals surface area contributed by atoms with Crippen LogP contribution >= 0.6 is 11.3 Å². The van der Waals surface area contributed by atoms with E-state index in [-0.39, 0.29) is 5.91 Å². The normalized spacial score (nSPS) is 15.0. The highest BCUT2D eigenvalue weighted by molar-refractivity contribution is 7.14. The number of benzene rings is 1. The molecule has 1 aliphatic rings. The van der Waals surface area contributed by atoms with Gasteiger partial charge in [0.05, 0.1) is 18.1 Å². The molecule has 0 radical (unpaired) electrons. The van der Waals surface area contributed by atoms with Crippen molar-refractivity contribution in [3.63, 3.8) is 0 Å². The van der Waals surface area contributed by atoms with E-state index in [1.54, 1.807) is 17.6 Å². The quantitative estimate of drug-likeness (QED) is 0.516. The van der Waals surface area contributed by atoms with Crippen LogP contribution in [0.25, 0.3) is 16.5 Å². The molecule has 0 bridgehead atoms. The number of furan rings is 1. The number of aromatic nitrogens is 5. The molecule has 1 amide bonds. The summed E-state index contributed by atoms with van der Waals surface area (Å²) in [7, 11) is 0. The third-order valence-electron chi connectivity index (χ3n) is 5.00. The lowest BCUT2D eigenvalue weighted by Gasteiger charge is -2.30. The molecule has 0 N–H and O–H groups in total. The van der Waals surface area contributed by atoms with Gasteiger partial charge >= 0.3 is 0 Å². The number of piperidine rings is 1. The predicted octanol–water partition coefficient (Wildman–Crippen LogP) is 3.40. The summed E-state index contributed by atoms with van der Waals surface area (Å²) in [5.74, 6) is 0.960. The summed E-state index contributed by atoms with van der Waals surface area (Å²) in [5, 5.41) is 18.9. The van der Waals surface area contributed by atoms with Crippen molar-refractivity contribution in [2.75, 3.05) is 13.1 Å². The summed E-state index contributed by atoms with van der Waals surface area (Å²) >= 11 is 1.56. The molecule has 0 aliphatic carbocycles. The number of amides is 1. The molecular weight excluding hydrogens is 388 g/mol. The van der Waals surface area contributed by atoms with Gasteiger partial charge in [0.1, 0.15) is 5.01 Å². The molecule has 1 aromatic carbocycles. The molecule has 1 aliphatic heterocycles. The fraction of sp³-hybridized carbons (Fsp3) is 0.250. The number of para-hydroxylation sites is 1. The number of hydrogen-bond donors (Lipinski definition) is 0. The summed E-state index contributed by atoms with van der Waals surface area (Å²) in [6.45, 7) is 1.33. The Labute approximate surface area is 170 Å². The van der Waals surface area contributed by atoms with Crippen LogP contribution in [0.3, 0.4) is 0 Å². The Morgan fingerprint density at radius 2 is 1.90 bits per heavy atom. The van der Waals surface area contributed by atoms with Crippen LogP contribution in [0.1, 0.15) is 34.3 Å². The standard InChI is InChI=1S/C20H18N6O2S/c27-20(16-13-21-26(24-16)15-5-2-1-3-6-15)25-10-8-14(9-11-25)18-22-23-19(29-18)17-7-4-12-28-17/h1-7,12-14H,8-11H2. The van der Waals surface area contributed by atoms with Crippen molar-refractivity contribution in [3.05, 3.63) is 65.6 Å². The van der Waals surface area contributed by atoms with Crippen molar-refractivity contribution in [3.8, 4) is 16.5 Å². The monoisotopic (exact) mass is 406 g/mol.